The van der Waals surface area contributed by atoms with Gasteiger partial charge in [0.15, 0.2) is 0 Å². The van der Waals surface area contributed by atoms with Gasteiger partial charge in [0.1, 0.15) is 6.04 Å². The fraction of sp³-hybridized carbons (Fsp3) is 0.704. The third-order valence-corrected chi connectivity index (χ3v) is 8.18. The summed E-state index contributed by atoms with van der Waals surface area (Å²) in [5.41, 5.74) is 1.77. The molecule has 2 saturated heterocycles. The van der Waals surface area contributed by atoms with E-state index in [9.17, 15) is 9.59 Å². The summed E-state index contributed by atoms with van der Waals surface area (Å²) in [5.74, 6) is 0.685. The van der Waals surface area contributed by atoms with Gasteiger partial charge in [-0.15, -0.1) is 0 Å². The molecule has 0 spiro atoms. The zero-order chi connectivity index (χ0) is 23.4. The van der Waals surface area contributed by atoms with E-state index >= 15 is 0 Å². The molecular formula is C27H41N3O3. The van der Waals surface area contributed by atoms with Crippen LogP contribution < -0.4 is 0 Å². The molecule has 2 amide bonds. The van der Waals surface area contributed by atoms with Crippen molar-refractivity contribution in [3.8, 4) is 0 Å². The summed E-state index contributed by atoms with van der Waals surface area (Å²) >= 11 is 0. The van der Waals surface area contributed by atoms with Gasteiger partial charge in [-0.3, -0.25) is 9.59 Å². The maximum absolute atomic E-state index is 14.1. The van der Waals surface area contributed by atoms with Crippen molar-refractivity contribution >= 4 is 11.8 Å². The Bertz CT molecular complexity index is 827. The third-order valence-electron chi connectivity index (χ3n) is 8.18. The minimum atomic E-state index is -0.433. The van der Waals surface area contributed by atoms with Crippen LogP contribution in [0.2, 0.25) is 0 Å². The largest absolute Gasteiger partial charge is 0.383 e. The maximum atomic E-state index is 14.1. The lowest BCUT2D eigenvalue weighted by Crippen LogP contribution is -2.56. The van der Waals surface area contributed by atoms with Crippen molar-refractivity contribution in [1.82, 2.24) is 14.7 Å². The normalized spacial score (nSPS) is 24.8. The molecular weight excluding hydrogens is 414 g/mol. The second kappa shape index (κ2) is 11.0. The average Bonchev–Trinajstić information content (AvgIpc) is 3.17. The van der Waals surface area contributed by atoms with Gasteiger partial charge >= 0.3 is 0 Å². The lowest BCUT2D eigenvalue weighted by Gasteiger charge is -2.46. The van der Waals surface area contributed by atoms with E-state index in [0.29, 0.717) is 31.7 Å². The van der Waals surface area contributed by atoms with Crippen molar-refractivity contribution in [3.63, 3.8) is 0 Å². The number of fused-ring (bicyclic) bond motifs is 2. The van der Waals surface area contributed by atoms with E-state index in [1.54, 1.807) is 7.11 Å². The van der Waals surface area contributed by atoms with E-state index in [0.717, 1.165) is 24.1 Å². The van der Waals surface area contributed by atoms with Crippen molar-refractivity contribution in [3.05, 3.63) is 35.4 Å². The second-order valence-electron chi connectivity index (χ2n) is 10.2. The maximum Gasteiger partial charge on any atom is 0.255 e. The zero-order valence-corrected chi connectivity index (χ0v) is 20.7. The summed E-state index contributed by atoms with van der Waals surface area (Å²) in [4.78, 5) is 33.9. The topological polar surface area (TPSA) is 53.1 Å². The number of piperidine rings is 2. The first-order valence-corrected chi connectivity index (χ1v) is 13.0. The highest BCUT2D eigenvalue weighted by molar-refractivity contribution is 6.01. The number of ether oxygens (including phenoxy) is 1. The smallest absolute Gasteiger partial charge is 0.255 e. The Morgan fingerprint density at radius 2 is 1.97 bits per heavy atom. The van der Waals surface area contributed by atoms with Crippen LogP contribution >= 0.6 is 0 Å². The van der Waals surface area contributed by atoms with Crippen molar-refractivity contribution in [1.29, 1.82) is 0 Å². The van der Waals surface area contributed by atoms with Crippen LogP contribution in [0.15, 0.2) is 24.3 Å². The number of carbonyl (C=O) groups is 2. The molecule has 1 aromatic carbocycles. The SMILES string of the molecule is CC[C@H](C)[C@H](C(=O)N(CCOC)C[C@H]1CCCN2CCCC[C@H]12)N1Cc2ccccc2C1=O. The van der Waals surface area contributed by atoms with Crippen molar-refractivity contribution in [2.75, 3.05) is 39.9 Å². The first-order valence-electron chi connectivity index (χ1n) is 13.0. The van der Waals surface area contributed by atoms with Gasteiger partial charge in [0.05, 0.1) is 6.61 Å². The highest BCUT2D eigenvalue weighted by atomic mass is 16.5. The number of hydrogen-bond acceptors (Lipinski definition) is 4. The standard InChI is InChI=1S/C27H41N3O3/c1-4-20(2)25(30-19-21-10-5-6-12-23(21)26(30)31)27(32)29(16-17-33-3)18-22-11-9-15-28-14-8-7-13-24(22)28/h5-6,10,12,20,22,24-25H,4,7-9,11,13-19H2,1-3H3/t20-,22+,24+,25+/m0/s1. The lowest BCUT2D eigenvalue weighted by atomic mass is 9.83. The van der Waals surface area contributed by atoms with Crippen LogP contribution in [-0.4, -0.2) is 78.5 Å². The molecule has 2 fully saturated rings. The summed E-state index contributed by atoms with van der Waals surface area (Å²) in [5, 5.41) is 0. The molecule has 3 aliphatic rings. The monoisotopic (exact) mass is 455 g/mol. The molecule has 3 heterocycles. The fourth-order valence-electron chi connectivity index (χ4n) is 6.16. The Hall–Kier alpha value is -1.92. The molecule has 4 rings (SSSR count). The molecule has 0 bridgehead atoms. The van der Waals surface area contributed by atoms with Gasteiger partial charge in [0, 0.05) is 38.3 Å². The van der Waals surface area contributed by atoms with Gasteiger partial charge in [-0.25, -0.2) is 0 Å². The first kappa shape index (κ1) is 24.2. The molecule has 0 saturated carbocycles. The molecule has 0 N–H and O–H groups in total. The van der Waals surface area contributed by atoms with E-state index in [1.165, 1.54) is 45.2 Å². The van der Waals surface area contributed by atoms with Crippen LogP contribution in [0.1, 0.15) is 68.3 Å². The molecule has 0 radical (unpaired) electrons. The van der Waals surface area contributed by atoms with Crippen molar-refractivity contribution in [2.24, 2.45) is 11.8 Å². The van der Waals surface area contributed by atoms with Gasteiger partial charge in [-0.05, 0) is 62.2 Å². The summed E-state index contributed by atoms with van der Waals surface area (Å²) in [7, 11) is 1.69. The van der Waals surface area contributed by atoms with Crippen LogP contribution in [0.25, 0.3) is 0 Å². The number of nitrogens with zero attached hydrogens (tertiary/aromatic N) is 3. The van der Waals surface area contributed by atoms with Crippen LogP contribution in [0.3, 0.4) is 0 Å². The molecule has 6 heteroatoms. The van der Waals surface area contributed by atoms with Crippen molar-refractivity contribution in [2.45, 2.75) is 71.0 Å². The van der Waals surface area contributed by atoms with Crippen molar-refractivity contribution < 1.29 is 14.3 Å². The molecule has 0 unspecified atom stereocenters. The Morgan fingerprint density at radius 3 is 2.73 bits per heavy atom. The molecule has 182 valence electrons. The quantitative estimate of drug-likeness (QED) is 0.568. The minimum Gasteiger partial charge on any atom is -0.383 e. The summed E-state index contributed by atoms with van der Waals surface area (Å²) in [6.07, 6.45) is 7.07. The molecule has 4 atom stereocenters. The Morgan fingerprint density at radius 1 is 1.18 bits per heavy atom. The van der Waals surface area contributed by atoms with E-state index < -0.39 is 6.04 Å². The van der Waals surface area contributed by atoms with Crippen LogP contribution in [-0.2, 0) is 16.1 Å². The molecule has 0 aromatic heterocycles. The van der Waals surface area contributed by atoms with Crippen LogP contribution in [0.4, 0.5) is 0 Å². The summed E-state index contributed by atoms with van der Waals surface area (Å²) < 4.78 is 5.40. The van der Waals surface area contributed by atoms with E-state index in [1.807, 2.05) is 34.1 Å². The van der Waals surface area contributed by atoms with Gasteiger partial charge in [0.2, 0.25) is 5.91 Å². The van der Waals surface area contributed by atoms with Gasteiger partial charge in [-0.2, -0.15) is 0 Å². The second-order valence-corrected chi connectivity index (χ2v) is 10.2. The number of benzene rings is 1. The lowest BCUT2D eigenvalue weighted by molar-refractivity contribution is -0.140. The zero-order valence-electron chi connectivity index (χ0n) is 20.7. The van der Waals surface area contributed by atoms with Crippen LogP contribution in [0, 0.1) is 11.8 Å². The molecule has 33 heavy (non-hydrogen) atoms. The highest BCUT2D eigenvalue weighted by Gasteiger charge is 2.42. The van der Waals surface area contributed by atoms with Crippen LogP contribution in [0.5, 0.6) is 0 Å². The molecule has 0 aliphatic carbocycles. The Kier molecular flexibility index (Phi) is 8.07. The molecule has 3 aliphatic heterocycles. The van der Waals surface area contributed by atoms with E-state index in [2.05, 4.69) is 18.7 Å². The third kappa shape index (κ3) is 5.12. The Labute approximate surface area is 199 Å². The fourth-order valence-corrected chi connectivity index (χ4v) is 6.16. The highest BCUT2D eigenvalue weighted by Crippen LogP contribution is 2.33. The number of methoxy groups -OCH3 is 1. The summed E-state index contributed by atoms with van der Waals surface area (Å²) in [6, 6.07) is 7.93. The Balaban J connectivity index is 1.56. The predicted octanol–water partition coefficient (Wildman–Crippen LogP) is 3.80. The summed E-state index contributed by atoms with van der Waals surface area (Å²) in [6.45, 7) is 9.01. The first-order chi connectivity index (χ1) is 16.0. The molecule has 6 nitrogen and oxygen atoms in total. The van der Waals surface area contributed by atoms with Gasteiger partial charge in [0.25, 0.3) is 5.91 Å². The predicted molar refractivity (Wildman–Crippen MR) is 130 cm³/mol. The average molecular weight is 456 g/mol. The number of carbonyl (C=O) groups excluding carboxylic acids is 2. The number of rotatable bonds is 9. The molecule has 1 aromatic rings. The number of hydrogen-bond donors (Lipinski definition) is 0. The van der Waals surface area contributed by atoms with Gasteiger partial charge in [-0.1, -0.05) is 44.9 Å². The van der Waals surface area contributed by atoms with E-state index in [4.69, 9.17) is 4.74 Å². The van der Waals surface area contributed by atoms with Gasteiger partial charge < -0.3 is 19.4 Å². The minimum absolute atomic E-state index is 0.00735. The number of amides is 2. The van der Waals surface area contributed by atoms with E-state index in [-0.39, 0.29) is 17.7 Å².